The van der Waals surface area contributed by atoms with Crippen molar-refractivity contribution in [3.05, 3.63) is 59.7 Å². The molecular weight excluding hydrogens is 322 g/mol. The summed E-state index contributed by atoms with van der Waals surface area (Å²) in [6.45, 7) is 1.26. The van der Waals surface area contributed by atoms with Crippen LogP contribution in [0.25, 0.3) is 0 Å². The Labute approximate surface area is 145 Å². The average Bonchev–Trinajstić information content (AvgIpc) is 2.63. The molecular formula is C18H19N3O4. The first-order valence-corrected chi connectivity index (χ1v) is 7.59. The zero-order valence-electron chi connectivity index (χ0n) is 13.7. The van der Waals surface area contributed by atoms with Gasteiger partial charge in [0.15, 0.2) is 6.61 Å². The van der Waals surface area contributed by atoms with E-state index in [1.807, 2.05) is 31.2 Å². The number of aliphatic hydroxyl groups excluding tert-OH is 1. The Bertz CT molecular complexity index is 740. The molecule has 25 heavy (non-hydrogen) atoms. The maximum atomic E-state index is 11.9. The fraction of sp³-hybridized carbons (Fsp3) is 0.167. The van der Waals surface area contributed by atoms with Crippen molar-refractivity contribution in [3.63, 3.8) is 0 Å². The van der Waals surface area contributed by atoms with Crippen molar-refractivity contribution in [2.24, 2.45) is 5.10 Å². The van der Waals surface area contributed by atoms with Gasteiger partial charge in [0.25, 0.3) is 11.8 Å². The van der Waals surface area contributed by atoms with Gasteiger partial charge in [-0.25, -0.2) is 5.43 Å². The summed E-state index contributed by atoms with van der Waals surface area (Å²) in [5.74, 6) is -0.299. The first kappa shape index (κ1) is 18.2. The van der Waals surface area contributed by atoms with Crippen LogP contribution in [-0.4, -0.2) is 36.3 Å². The van der Waals surface area contributed by atoms with Crippen molar-refractivity contribution in [3.8, 4) is 5.75 Å². The Morgan fingerprint density at radius 2 is 1.76 bits per heavy atom. The van der Waals surface area contributed by atoms with Crippen LogP contribution < -0.4 is 15.5 Å². The molecule has 0 aliphatic heterocycles. The Kier molecular flexibility index (Phi) is 6.67. The molecule has 0 aromatic heterocycles. The Morgan fingerprint density at radius 1 is 1.08 bits per heavy atom. The first-order chi connectivity index (χ1) is 12.1. The van der Waals surface area contributed by atoms with Gasteiger partial charge in [-0.1, -0.05) is 17.7 Å². The highest BCUT2D eigenvalue weighted by Gasteiger charge is 2.03. The predicted octanol–water partition coefficient (Wildman–Crippen LogP) is 1.45. The Hall–Kier alpha value is -3.19. The number of ether oxygens (including phenoxy) is 1. The minimum Gasteiger partial charge on any atom is -0.484 e. The lowest BCUT2D eigenvalue weighted by Gasteiger charge is -2.08. The number of aliphatic hydroxyl groups is 1. The Balaban J connectivity index is 1.79. The lowest BCUT2D eigenvalue weighted by atomic mass is 10.2. The summed E-state index contributed by atoms with van der Waals surface area (Å²) in [6.07, 6.45) is 1.43. The molecule has 0 fully saturated rings. The molecule has 0 aliphatic carbocycles. The molecule has 0 spiro atoms. The van der Waals surface area contributed by atoms with Crippen molar-refractivity contribution < 1.29 is 19.4 Å². The van der Waals surface area contributed by atoms with E-state index >= 15 is 0 Å². The molecule has 2 aromatic rings. The van der Waals surface area contributed by atoms with Gasteiger partial charge in [0.2, 0.25) is 0 Å². The van der Waals surface area contributed by atoms with E-state index in [1.165, 1.54) is 6.21 Å². The fourth-order valence-electron chi connectivity index (χ4n) is 1.85. The van der Waals surface area contributed by atoms with Gasteiger partial charge in [-0.05, 0) is 48.9 Å². The van der Waals surface area contributed by atoms with Gasteiger partial charge in [-0.15, -0.1) is 0 Å². The molecule has 2 aromatic carbocycles. The molecule has 0 radical (unpaired) electrons. The third-order valence-corrected chi connectivity index (χ3v) is 3.13. The molecule has 130 valence electrons. The number of anilines is 1. The van der Waals surface area contributed by atoms with Crippen LogP contribution >= 0.6 is 0 Å². The summed E-state index contributed by atoms with van der Waals surface area (Å²) in [4.78, 5) is 22.7. The zero-order valence-corrected chi connectivity index (χ0v) is 13.7. The molecule has 0 bridgehead atoms. The van der Waals surface area contributed by atoms with Gasteiger partial charge in [0, 0.05) is 5.69 Å². The monoisotopic (exact) mass is 341 g/mol. The second-order valence-corrected chi connectivity index (χ2v) is 5.22. The lowest BCUT2D eigenvalue weighted by Crippen LogP contribution is -2.20. The molecule has 2 rings (SSSR count). The smallest absolute Gasteiger partial charge is 0.265 e. The molecule has 7 nitrogen and oxygen atoms in total. The maximum Gasteiger partial charge on any atom is 0.265 e. The summed E-state index contributed by atoms with van der Waals surface area (Å²) < 4.78 is 5.42. The van der Waals surface area contributed by atoms with E-state index in [0.717, 1.165) is 16.8 Å². The van der Waals surface area contributed by atoms with E-state index in [4.69, 9.17) is 9.84 Å². The van der Waals surface area contributed by atoms with Crippen LogP contribution in [0.4, 0.5) is 5.69 Å². The largest absolute Gasteiger partial charge is 0.484 e. The van der Waals surface area contributed by atoms with Gasteiger partial charge >= 0.3 is 0 Å². The van der Waals surface area contributed by atoms with E-state index in [9.17, 15) is 9.59 Å². The number of amides is 2. The van der Waals surface area contributed by atoms with Crippen LogP contribution in [0.3, 0.4) is 0 Å². The molecule has 0 saturated heterocycles. The SMILES string of the molecule is Cc1ccc(NC(=O)COc2ccc(/C=N\NC(=O)CO)cc2)cc1. The van der Waals surface area contributed by atoms with Gasteiger partial charge in [0.1, 0.15) is 12.4 Å². The third-order valence-electron chi connectivity index (χ3n) is 3.13. The van der Waals surface area contributed by atoms with Gasteiger partial charge < -0.3 is 15.2 Å². The highest BCUT2D eigenvalue weighted by Crippen LogP contribution is 2.12. The quantitative estimate of drug-likeness (QED) is 0.524. The summed E-state index contributed by atoms with van der Waals surface area (Å²) in [6, 6.07) is 14.3. The summed E-state index contributed by atoms with van der Waals surface area (Å²) in [5.41, 5.74) is 4.73. The van der Waals surface area contributed by atoms with Crippen LogP contribution in [0, 0.1) is 6.92 Å². The van der Waals surface area contributed by atoms with Crippen LogP contribution in [0.1, 0.15) is 11.1 Å². The fourth-order valence-corrected chi connectivity index (χ4v) is 1.85. The number of carbonyl (C=O) groups is 2. The van der Waals surface area contributed by atoms with Crippen LogP contribution in [0.15, 0.2) is 53.6 Å². The molecule has 0 atom stereocenters. The van der Waals surface area contributed by atoms with Crippen molar-refractivity contribution >= 4 is 23.7 Å². The normalized spacial score (nSPS) is 10.5. The second-order valence-electron chi connectivity index (χ2n) is 5.22. The van der Waals surface area contributed by atoms with Crippen molar-refractivity contribution in [1.82, 2.24) is 5.43 Å². The number of nitrogens with zero attached hydrogens (tertiary/aromatic N) is 1. The number of benzene rings is 2. The zero-order chi connectivity index (χ0) is 18.1. The minimum atomic E-state index is -0.616. The lowest BCUT2D eigenvalue weighted by molar-refractivity contribution is -0.123. The number of hydrogen-bond acceptors (Lipinski definition) is 5. The standard InChI is InChI=1S/C18H19N3O4/c1-13-2-6-15(7-3-13)20-18(24)12-25-16-8-4-14(5-9-16)10-19-21-17(23)11-22/h2-10,22H,11-12H2,1H3,(H,20,24)(H,21,23)/b19-10-. The van der Waals surface area contributed by atoms with E-state index in [0.29, 0.717) is 5.75 Å². The third kappa shape index (κ3) is 6.44. The maximum absolute atomic E-state index is 11.9. The molecule has 0 saturated carbocycles. The van der Waals surface area contributed by atoms with Gasteiger partial charge in [-0.2, -0.15) is 5.10 Å². The van der Waals surface area contributed by atoms with E-state index < -0.39 is 12.5 Å². The molecule has 2 amide bonds. The summed E-state index contributed by atoms with van der Waals surface area (Å²) in [5, 5.41) is 15.0. The van der Waals surface area contributed by atoms with E-state index in [1.54, 1.807) is 24.3 Å². The second kappa shape index (κ2) is 9.19. The van der Waals surface area contributed by atoms with Crippen molar-refractivity contribution in [2.75, 3.05) is 18.5 Å². The van der Waals surface area contributed by atoms with Crippen LogP contribution in [-0.2, 0) is 9.59 Å². The average molecular weight is 341 g/mol. The number of carbonyl (C=O) groups excluding carboxylic acids is 2. The van der Waals surface area contributed by atoms with E-state index in [2.05, 4.69) is 15.8 Å². The molecule has 0 unspecified atom stereocenters. The molecule has 3 N–H and O–H groups in total. The minimum absolute atomic E-state index is 0.103. The number of nitrogens with one attached hydrogen (secondary N) is 2. The molecule has 0 aliphatic rings. The number of hydrogen-bond donors (Lipinski definition) is 3. The predicted molar refractivity (Wildman–Crippen MR) is 94.6 cm³/mol. The number of hydrazone groups is 1. The first-order valence-electron chi connectivity index (χ1n) is 7.59. The molecule has 7 heteroatoms. The van der Waals surface area contributed by atoms with Crippen molar-refractivity contribution in [2.45, 2.75) is 6.92 Å². The Morgan fingerprint density at radius 3 is 2.40 bits per heavy atom. The summed E-state index contributed by atoms with van der Waals surface area (Å²) >= 11 is 0. The van der Waals surface area contributed by atoms with Crippen molar-refractivity contribution in [1.29, 1.82) is 0 Å². The van der Waals surface area contributed by atoms with Gasteiger partial charge in [-0.3, -0.25) is 9.59 Å². The highest BCUT2D eigenvalue weighted by molar-refractivity contribution is 5.91. The highest BCUT2D eigenvalue weighted by atomic mass is 16.5. The van der Waals surface area contributed by atoms with Crippen LogP contribution in [0.2, 0.25) is 0 Å². The van der Waals surface area contributed by atoms with E-state index in [-0.39, 0.29) is 12.5 Å². The topological polar surface area (TPSA) is 100 Å². The van der Waals surface area contributed by atoms with Gasteiger partial charge in [0.05, 0.1) is 6.21 Å². The molecule has 0 heterocycles. The number of rotatable bonds is 7. The van der Waals surface area contributed by atoms with Crippen LogP contribution in [0.5, 0.6) is 5.75 Å². The number of aryl methyl sites for hydroxylation is 1. The summed E-state index contributed by atoms with van der Waals surface area (Å²) in [7, 11) is 0.